The monoisotopic (exact) mass is 333 g/mol. The molecule has 1 amide bonds. The number of piperidine rings is 1. The average Bonchev–Trinajstić information content (AvgIpc) is 3.04. The molecule has 0 aliphatic carbocycles. The Morgan fingerprint density at radius 1 is 1.50 bits per heavy atom. The van der Waals surface area contributed by atoms with Gasteiger partial charge in [-0.2, -0.15) is 4.98 Å². The fraction of sp³-hybridized carbons (Fsp3) is 0.471. The molecule has 1 aromatic heterocycles. The van der Waals surface area contributed by atoms with E-state index < -0.39 is 6.10 Å². The van der Waals surface area contributed by atoms with E-state index in [2.05, 4.69) is 10.1 Å². The first-order chi connectivity index (χ1) is 11.5. The Bertz CT molecular complexity index is 732. The molecule has 0 bridgehead atoms. The summed E-state index contributed by atoms with van der Waals surface area (Å²) in [4.78, 5) is 18.1. The van der Waals surface area contributed by atoms with E-state index in [1.54, 1.807) is 24.0 Å². The molecule has 2 heterocycles. The van der Waals surface area contributed by atoms with Crippen molar-refractivity contribution < 1.29 is 18.8 Å². The summed E-state index contributed by atoms with van der Waals surface area (Å²) < 4.78 is 18.5. The minimum Gasteiger partial charge on any atom is -0.391 e. The fourth-order valence-electron chi connectivity index (χ4n) is 2.81. The first kappa shape index (κ1) is 16.6. The molecule has 6 nitrogen and oxygen atoms in total. The number of nitrogens with zero attached hydrogens (tertiary/aromatic N) is 3. The largest absolute Gasteiger partial charge is 0.391 e. The highest BCUT2D eigenvalue weighted by atomic mass is 19.1. The van der Waals surface area contributed by atoms with Crippen LogP contribution in [0.2, 0.25) is 0 Å². The van der Waals surface area contributed by atoms with Gasteiger partial charge in [-0.05, 0) is 43.5 Å². The predicted octanol–water partition coefficient (Wildman–Crippen LogP) is 2.10. The van der Waals surface area contributed by atoms with E-state index >= 15 is 0 Å². The number of aromatic nitrogens is 2. The summed E-state index contributed by atoms with van der Waals surface area (Å²) >= 11 is 0. The maximum Gasteiger partial charge on any atom is 0.227 e. The Balaban J connectivity index is 1.59. The number of hydrogen-bond acceptors (Lipinski definition) is 5. The number of halogens is 1. The van der Waals surface area contributed by atoms with Crippen molar-refractivity contribution in [1.29, 1.82) is 0 Å². The summed E-state index contributed by atoms with van der Waals surface area (Å²) in [6, 6.07) is 4.62. The Morgan fingerprint density at radius 2 is 2.33 bits per heavy atom. The quantitative estimate of drug-likeness (QED) is 0.927. The molecule has 1 saturated heterocycles. The second kappa shape index (κ2) is 7.09. The van der Waals surface area contributed by atoms with E-state index in [0.717, 1.165) is 12.8 Å². The number of β-amino-alcohol motifs (C(OH)–C–C–N with tert-alkyl or cyclic N) is 1. The van der Waals surface area contributed by atoms with Gasteiger partial charge < -0.3 is 14.5 Å². The van der Waals surface area contributed by atoms with E-state index in [0.29, 0.717) is 42.4 Å². The minimum absolute atomic E-state index is 0.0221. The number of rotatable bonds is 4. The lowest BCUT2D eigenvalue weighted by Gasteiger charge is -2.30. The van der Waals surface area contributed by atoms with Crippen LogP contribution < -0.4 is 0 Å². The number of benzene rings is 1. The third-order valence-corrected chi connectivity index (χ3v) is 4.19. The van der Waals surface area contributed by atoms with Crippen LogP contribution in [0.25, 0.3) is 11.4 Å². The third kappa shape index (κ3) is 3.79. The van der Waals surface area contributed by atoms with Crippen molar-refractivity contribution in [3.05, 3.63) is 35.5 Å². The van der Waals surface area contributed by atoms with Gasteiger partial charge in [0.05, 0.1) is 6.10 Å². The van der Waals surface area contributed by atoms with Crippen LogP contribution in [0.4, 0.5) is 4.39 Å². The summed E-state index contributed by atoms with van der Waals surface area (Å²) in [6.45, 7) is 2.74. The molecule has 1 atom stereocenters. The highest BCUT2D eigenvalue weighted by Gasteiger charge is 2.22. The Labute approximate surface area is 139 Å². The molecular weight excluding hydrogens is 313 g/mol. The Morgan fingerprint density at radius 3 is 3.08 bits per heavy atom. The smallest absolute Gasteiger partial charge is 0.227 e. The first-order valence-electron chi connectivity index (χ1n) is 8.08. The van der Waals surface area contributed by atoms with Crippen LogP contribution in [0.15, 0.2) is 22.7 Å². The predicted molar refractivity (Wildman–Crippen MR) is 84.6 cm³/mol. The molecule has 0 spiro atoms. The van der Waals surface area contributed by atoms with Crippen LogP contribution >= 0.6 is 0 Å². The van der Waals surface area contributed by atoms with Crippen molar-refractivity contribution in [1.82, 2.24) is 15.0 Å². The standard InChI is InChI=1S/C17H20FN3O3/c1-11-9-12(4-5-14(11)18)17-19-15(24-20-17)6-7-16(23)21-8-2-3-13(22)10-21/h4-5,9,13,22H,2-3,6-8,10H2,1H3. The van der Waals surface area contributed by atoms with Gasteiger partial charge in [0.15, 0.2) is 0 Å². The first-order valence-corrected chi connectivity index (χ1v) is 8.08. The molecule has 0 saturated carbocycles. The van der Waals surface area contributed by atoms with Crippen LogP contribution in [0.5, 0.6) is 0 Å². The van der Waals surface area contributed by atoms with Gasteiger partial charge in [0.2, 0.25) is 17.6 Å². The van der Waals surface area contributed by atoms with Gasteiger partial charge in [0.25, 0.3) is 0 Å². The van der Waals surface area contributed by atoms with Gasteiger partial charge in [0.1, 0.15) is 5.82 Å². The van der Waals surface area contributed by atoms with Gasteiger partial charge in [-0.3, -0.25) is 4.79 Å². The molecule has 7 heteroatoms. The number of carbonyl (C=O) groups is 1. The number of carbonyl (C=O) groups excluding carboxylic acids is 1. The normalized spacial score (nSPS) is 18.0. The number of amides is 1. The number of aryl methyl sites for hydroxylation is 2. The van der Waals surface area contributed by atoms with Crippen molar-refractivity contribution in [3.63, 3.8) is 0 Å². The van der Waals surface area contributed by atoms with Crippen LogP contribution in [0, 0.1) is 12.7 Å². The maximum absolute atomic E-state index is 13.3. The van der Waals surface area contributed by atoms with Gasteiger partial charge in [0, 0.05) is 31.5 Å². The summed E-state index contributed by atoms with van der Waals surface area (Å²) in [5.41, 5.74) is 1.19. The molecule has 1 N–H and O–H groups in total. The summed E-state index contributed by atoms with van der Waals surface area (Å²) in [7, 11) is 0. The maximum atomic E-state index is 13.3. The molecule has 24 heavy (non-hydrogen) atoms. The zero-order valence-electron chi connectivity index (χ0n) is 13.5. The van der Waals surface area contributed by atoms with Crippen LogP contribution in [-0.2, 0) is 11.2 Å². The van der Waals surface area contributed by atoms with E-state index in [1.807, 2.05) is 0 Å². The molecule has 0 radical (unpaired) electrons. The number of hydrogen-bond donors (Lipinski definition) is 1. The van der Waals surface area contributed by atoms with Crippen LogP contribution in [0.1, 0.15) is 30.7 Å². The zero-order valence-corrected chi connectivity index (χ0v) is 13.5. The van der Waals surface area contributed by atoms with Crippen molar-refractivity contribution >= 4 is 5.91 Å². The lowest BCUT2D eigenvalue weighted by Crippen LogP contribution is -2.42. The lowest BCUT2D eigenvalue weighted by molar-refractivity contribution is -0.134. The fourth-order valence-corrected chi connectivity index (χ4v) is 2.81. The SMILES string of the molecule is Cc1cc(-c2noc(CCC(=O)N3CCCC(O)C3)n2)ccc1F. The highest BCUT2D eigenvalue weighted by Crippen LogP contribution is 2.19. The average molecular weight is 333 g/mol. The van der Waals surface area contributed by atoms with Gasteiger partial charge in [-0.15, -0.1) is 0 Å². The second-order valence-corrected chi connectivity index (χ2v) is 6.11. The van der Waals surface area contributed by atoms with Gasteiger partial charge in [-0.25, -0.2) is 4.39 Å². The highest BCUT2D eigenvalue weighted by molar-refractivity contribution is 5.76. The van der Waals surface area contributed by atoms with Crippen molar-refractivity contribution in [2.24, 2.45) is 0 Å². The summed E-state index contributed by atoms with van der Waals surface area (Å²) in [5.74, 6) is 0.453. The van der Waals surface area contributed by atoms with Crippen molar-refractivity contribution in [3.8, 4) is 11.4 Å². The second-order valence-electron chi connectivity index (χ2n) is 6.11. The molecule has 1 unspecified atom stereocenters. The van der Waals surface area contributed by atoms with Crippen molar-refractivity contribution in [2.75, 3.05) is 13.1 Å². The Hall–Kier alpha value is -2.28. The van der Waals surface area contributed by atoms with E-state index in [1.165, 1.54) is 6.07 Å². The molecule has 1 aliphatic heterocycles. The topological polar surface area (TPSA) is 79.5 Å². The van der Waals surface area contributed by atoms with Crippen LogP contribution in [0.3, 0.4) is 0 Å². The van der Waals surface area contributed by atoms with E-state index in [9.17, 15) is 14.3 Å². The van der Waals surface area contributed by atoms with Gasteiger partial charge in [-0.1, -0.05) is 5.16 Å². The molecule has 1 aliphatic rings. The Kier molecular flexibility index (Phi) is 4.89. The van der Waals surface area contributed by atoms with E-state index in [4.69, 9.17) is 4.52 Å². The molecule has 1 aromatic carbocycles. The lowest BCUT2D eigenvalue weighted by atomic mass is 10.1. The molecule has 1 fully saturated rings. The number of aliphatic hydroxyl groups is 1. The van der Waals surface area contributed by atoms with Crippen molar-refractivity contribution in [2.45, 2.75) is 38.7 Å². The molecule has 3 rings (SSSR count). The summed E-state index contributed by atoms with van der Waals surface area (Å²) in [6.07, 6.45) is 1.74. The molecule has 128 valence electrons. The van der Waals surface area contributed by atoms with E-state index in [-0.39, 0.29) is 18.1 Å². The minimum atomic E-state index is -0.431. The van der Waals surface area contributed by atoms with Gasteiger partial charge >= 0.3 is 0 Å². The third-order valence-electron chi connectivity index (χ3n) is 4.19. The zero-order chi connectivity index (χ0) is 17.1. The molecule has 2 aromatic rings. The number of likely N-dealkylation sites (tertiary alicyclic amines) is 1. The summed E-state index contributed by atoms with van der Waals surface area (Å²) in [5, 5.41) is 13.5. The van der Waals surface area contributed by atoms with Crippen LogP contribution in [-0.4, -0.2) is 45.2 Å². The molecular formula is C17H20FN3O3. The number of aliphatic hydroxyl groups excluding tert-OH is 1.